The Morgan fingerprint density at radius 2 is 1.95 bits per heavy atom. The molecule has 0 aromatic heterocycles. The second-order valence-electron chi connectivity index (χ2n) is 3.74. The lowest BCUT2D eigenvalue weighted by molar-refractivity contribution is -0.394. The number of nitrogens with zero attached hydrogens (tertiary/aromatic N) is 2. The van der Waals surface area contributed by atoms with E-state index in [-0.39, 0.29) is 12.2 Å². The van der Waals surface area contributed by atoms with E-state index in [1.807, 2.05) is 6.92 Å². The minimum absolute atomic E-state index is 0.143. The van der Waals surface area contributed by atoms with E-state index in [4.69, 9.17) is 4.74 Å². The Balaban J connectivity index is 2.97. The molecule has 0 saturated heterocycles. The molecule has 8 nitrogen and oxygen atoms in total. The molecule has 102 valence electrons. The van der Waals surface area contributed by atoms with Crippen LogP contribution in [0.2, 0.25) is 0 Å². The molecule has 1 aromatic carbocycles. The third kappa shape index (κ3) is 4.02. The van der Waals surface area contributed by atoms with Crippen molar-refractivity contribution >= 4 is 17.3 Å². The molecule has 0 fully saturated rings. The van der Waals surface area contributed by atoms with Gasteiger partial charge in [-0.1, -0.05) is 13.3 Å². The minimum atomic E-state index is -0.824. The predicted molar refractivity (Wildman–Crippen MR) is 64.9 cm³/mol. The monoisotopic (exact) mass is 268 g/mol. The molecule has 1 aromatic rings. The van der Waals surface area contributed by atoms with E-state index in [2.05, 4.69) is 0 Å². The number of non-ortho nitro benzene ring substituents is 1. The van der Waals surface area contributed by atoms with Gasteiger partial charge < -0.3 is 4.74 Å². The number of nitro groups is 2. The van der Waals surface area contributed by atoms with Crippen molar-refractivity contribution in [1.82, 2.24) is 0 Å². The number of esters is 1. The van der Waals surface area contributed by atoms with Gasteiger partial charge in [0, 0.05) is 12.5 Å². The molecule has 0 atom stereocenters. The van der Waals surface area contributed by atoms with Gasteiger partial charge in [0.2, 0.25) is 5.75 Å². The summed E-state index contributed by atoms with van der Waals surface area (Å²) < 4.78 is 4.84. The highest BCUT2D eigenvalue weighted by atomic mass is 16.6. The molecule has 0 bridgehead atoms. The van der Waals surface area contributed by atoms with Crippen molar-refractivity contribution in [2.75, 3.05) is 0 Å². The fraction of sp³-hybridized carbons (Fsp3) is 0.364. The number of ether oxygens (including phenoxy) is 1. The van der Waals surface area contributed by atoms with Gasteiger partial charge in [-0.2, -0.15) is 0 Å². The van der Waals surface area contributed by atoms with Gasteiger partial charge in [-0.15, -0.1) is 0 Å². The summed E-state index contributed by atoms with van der Waals surface area (Å²) in [5.41, 5.74) is -1.03. The van der Waals surface area contributed by atoms with Crippen LogP contribution in [-0.2, 0) is 4.79 Å². The van der Waals surface area contributed by atoms with Crippen molar-refractivity contribution < 1.29 is 19.4 Å². The molecule has 0 spiro atoms. The van der Waals surface area contributed by atoms with Gasteiger partial charge in [0.05, 0.1) is 15.9 Å². The van der Waals surface area contributed by atoms with E-state index in [1.165, 1.54) is 0 Å². The Morgan fingerprint density at radius 1 is 1.26 bits per heavy atom. The van der Waals surface area contributed by atoms with Crippen LogP contribution in [0.15, 0.2) is 18.2 Å². The zero-order chi connectivity index (χ0) is 14.4. The molecule has 0 aliphatic heterocycles. The van der Waals surface area contributed by atoms with Crippen molar-refractivity contribution in [3.63, 3.8) is 0 Å². The molecule has 19 heavy (non-hydrogen) atoms. The van der Waals surface area contributed by atoms with Crippen molar-refractivity contribution in [3.8, 4) is 5.75 Å². The van der Waals surface area contributed by atoms with Gasteiger partial charge in [0.25, 0.3) is 5.69 Å². The summed E-state index contributed by atoms with van der Waals surface area (Å²) in [5.74, 6) is -0.879. The Bertz CT molecular complexity index is 514. The van der Waals surface area contributed by atoms with Crippen LogP contribution in [0.1, 0.15) is 26.2 Å². The standard InChI is InChI=1S/C11H12N2O6/c1-2-3-4-11(14)19-10-6-5-8(12(15)16)7-9(10)13(17)18/h5-7H,2-4H2,1H3. The molecule has 0 saturated carbocycles. The first-order valence-electron chi connectivity index (χ1n) is 5.59. The second-order valence-corrected chi connectivity index (χ2v) is 3.74. The van der Waals surface area contributed by atoms with Gasteiger partial charge >= 0.3 is 11.7 Å². The van der Waals surface area contributed by atoms with Gasteiger partial charge in [-0.05, 0) is 12.5 Å². The summed E-state index contributed by atoms with van der Waals surface area (Å²) in [4.78, 5) is 31.1. The second kappa shape index (κ2) is 6.43. The zero-order valence-electron chi connectivity index (χ0n) is 10.2. The largest absolute Gasteiger partial charge is 0.419 e. The van der Waals surface area contributed by atoms with E-state index in [1.54, 1.807) is 0 Å². The van der Waals surface area contributed by atoms with E-state index >= 15 is 0 Å². The molecular weight excluding hydrogens is 256 g/mol. The highest BCUT2D eigenvalue weighted by molar-refractivity contribution is 5.74. The molecular formula is C11H12N2O6. The van der Waals surface area contributed by atoms with E-state index < -0.39 is 27.2 Å². The smallest absolute Gasteiger partial charge is 0.318 e. The molecule has 0 aliphatic carbocycles. The average molecular weight is 268 g/mol. The number of carbonyl (C=O) groups is 1. The Kier molecular flexibility index (Phi) is 4.92. The van der Waals surface area contributed by atoms with Crippen molar-refractivity contribution in [1.29, 1.82) is 0 Å². The number of nitro benzene ring substituents is 2. The quantitative estimate of drug-likeness (QED) is 0.339. The number of hydrogen-bond acceptors (Lipinski definition) is 6. The Labute approximate surface area is 108 Å². The van der Waals surface area contributed by atoms with Gasteiger partial charge in [-0.3, -0.25) is 25.0 Å². The lowest BCUT2D eigenvalue weighted by Crippen LogP contribution is -2.09. The van der Waals surface area contributed by atoms with E-state index in [0.29, 0.717) is 6.42 Å². The van der Waals surface area contributed by atoms with Crippen LogP contribution < -0.4 is 4.74 Å². The summed E-state index contributed by atoms with van der Waals surface area (Å²) in [6.45, 7) is 1.89. The fourth-order valence-corrected chi connectivity index (χ4v) is 1.34. The number of rotatable bonds is 6. The maximum Gasteiger partial charge on any atom is 0.318 e. The van der Waals surface area contributed by atoms with Gasteiger partial charge in [0.15, 0.2) is 0 Å². The van der Waals surface area contributed by atoms with E-state index in [0.717, 1.165) is 24.6 Å². The lowest BCUT2D eigenvalue weighted by Gasteiger charge is -2.04. The van der Waals surface area contributed by atoms with Crippen LogP contribution in [0, 0.1) is 20.2 Å². The number of unbranched alkanes of at least 4 members (excludes halogenated alkanes) is 1. The molecule has 0 radical (unpaired) electrons. The highest BCUT2D eigenvalue weighted by Crippen LogP contribution is 2.31. The topological polar surface area (TPSA) is 113 Å². The SMILES string of the molecule is CCCCC(=O)Oc1ccc([N+](=O)[O-])cc1[N+](=O)[O-]. The fourth-order valence-electron chi connectivity index (χ4n) is 1.34. The Hall–Kier alpha value is -2.51. The van der Waals surface area contributed by atoms with Crippen LogP contribution in [0.5, 0.6) is 5.75 Å². The zero-order valence-corrected chi connectivity index (χ0v) is 10.2. The number of hydrogen-bond donors (Lipinski definition) is 0. The van der Waals surface area contributed by atoms with Gasteiger partial charge in [0.1, 0.15) is 0 Å². The summed E-state index contributed by atoms with van der Waals surface area (Å²) >= 11 is 0. The number of benzene rings is 1. The normalized spacial score (nSPS) is 9.95. The van der Waals surface area contributed by atoms with Crippen LogP contribution >= 0.6 is 0 Å². The maximum atomic E-state index is 11.4. The first kappa shape index (κ1) is 14.6. The molecule has 1 rings (SSSR count). The highest BCUT2D eigenvalue weighted by Gasteiger charge is 2.22. The van der Waals surface area contributed by atoms with Crippen LogP contribution in [0.4, 0.5) is 11.4 Å². The third-order valence-electron chi connectivity index (χ3n) is 2.31. The van der Waals surface area contributed by atoms with Crippen molar-refractivity contribution in [2.24, 2.45) is 0 Å². The summed E-state index contributed by atoms with van der Waals surface area (Å²) in [7, 11) is 0. The van der Waals surface area contributed by atoms with E-state index in [9.17, 15) is 25.0 Å². The Morgan fingerprint density at radius 3 is 2.47 bits per heavy atom. The molecule has 0 N–H and O–H groups in total. The first-order valence-corrected chi connectivity index (χ1v) is 5.59. The molecule has 0 amide bonds. The predicted octanol–water partition coefficient (Wildman–Crippen LogP) is 2.60. The molecule has 0 unspecified atom stereocenters. The average Bonchev–Trinajstić information content (AvgIpc) is 2.36. The lowest BCUT2D eigenvalue weighted by atomic mass is 10.2. The maximum absolute atomic E-state index is 11.4. The van der Waals surface area contributed by atoms with Crippen LogP contribution in [0.3, 0.4) is 0 Å². The van der Waals surface area contributed by atoms with Crippen molar-refractivity contribution in [3.05, 3.63) is 38.4 Å². The molecule has 8 heteroatoms. The summed E-state index contributed by atoms with van der Waals surface area (Å²) in [5, 5.41) is 21.3. The van der Waals surface area contributed by atoms with Gasteiger partial charge in [-0.25, -0.2) is 0 Å². The number of carbonyl (C=O) groups excluding carboxylic acids is 1. The first-order chi connectivity index (χ1) is 8.95. The summed E-state index contributed by atoms with van der Waals surface area (Å²) in [6, 6.07) is 2.87. The van der Waals surface area contributed by atoms with Crippen molar-refractivity contribution in [2.45, 2.75) is 26.2 Å². The summed E-state index contributed by atoms with van der Waals surface area (Å²) in [6.07, 6.45) is 1.54. The third-order valence-corrected chi connectivity index (χ3v) is 2.31. The minimum Gasteiger partial charge on any atom is -0.419 e. The molecule has 0 heterocycles. The molecule has 0 aliphatic rings. The van der Waals surface area contributed by atoms with Crippen LogP contribution in [0.25, 0.3) is 0 Å². The van der Waals surface area contributed by atoms with Crippen LogP contribution in [-0.4, -0.2) is 15.8 Å².